The second-order valence-corrected chi connectivity index (χ2v) is 3.76. The lowest BCUT2D eigenvalue weighted by atomic mass is 10.1. The number of nitrogens with zero attached hydrogens (tertiary/aromatic N) is 2. The van der Waals surface area contributed by atoms with Crippen LogP contribution in [0.1, 0.15) is 18.1 Å². The van der Waals surface area contributed by atoms with Crippen LogP contribution >= 0.6 is 11.6 Å². The van der Waals surface area contributed by atoms with Crippen molar-refractivity contribution in [1.82, 2.24) is 10.3 Å². The smallest absolute Gasteiger partial charge is 0.310 e. The van der Waals surface area contributed by atoms with Crippen LogP contribution in [0.2, 0.25) is 5.15 Å². The van der Waals surface area contributed by atoms with E-state index in [1.54, 1.807) is 6.92 Å². The molecule has 0 unspecified atom stereocenters. The van der Waals surface area contributed by atoms with Gasteiger partial charge in [0.25, 0.3) is 0 Å². The number of nitro groups is 1. The van der Waals surface area contributed by atoms with Crippen molar-refractivity contribution < 1.29 is 9.72 Å². The van der Waals surface area contributed by atoms with Crippen LogP contribution in [-0.4, -0.2) is 22.4 Å². The summed E-state index contributed by atoms with van der Waals surface area (Å²) >= 11 is 5.64. The van der Waals surface area contributed by atoms with E-state index in [9.17, 15) is 14.9 Å². The lowest BCUT2D eigenvalue weighted by molar-refractivity contribution is -0.385. The minimum atomic E-state index is -0.594. The molecule has 0 aliphatic rings. The van der Waals surface area contributed by atoms with Crippen molar-refractivity contribution in [1.29, 1.82) is 0 Å². The largest absolute Gasteiger partial charge is 0.345 e. The van der Waals surface area contributed by atoms with E-state index in [0.717, 1.165) is 0 Å². The zero-order valence-corrected chi connectivity index (χ0v) is 10.5. The number of halogens is 1. The first-order valence-electron chi connectivity index (χ1n) is 4.96. The molecule has 0 aliphatic carbocycles. The molecule has 1 heterocycles. The average molecular weight is 268 g/mol. The third kappa shape index (κ3) is 3.43. The molecule has 1 aromatic rings. The summed E-state index contributed by atoms with van der Waals surface area (Å²) in [6.07, 6.45) is 1.37. The van der Waals surface area contributed by atoms with Crippen LogP contribution in [-0.2, 0) is 4.79 Å². The molecule has 1 N–H and O–H groups in total. The lowest BCUT2D eigenvalue weighted by Crippen LogP contribution is -2.19. The van der Waals surface area contributed by atoms with Gasteiger partial charge in [0.1, 0.15) is 0 Å². The summed E-state index contributed by atoms with van der Waals surface area (Å²) in [6, 6.07) is 0. The molecule has 1 amide bonds. The highest BCUT2D eigenvalue weighted by Crippen LogP contribution is 2.27. The van der Waals surface area contributed by atoms with Crippen LogP contribution in [0.15, 0.2) is 6.20 Å². The summed E-state index contributed by atoms with van der Waals surface area (Å²) in [5.41, 5.74) is 0.523. The van der Waals surface area contributed by atoms with Crippen LogP contribution in [0.5, 0.6) is 0 Å². The van der Waals surface area contributed by atoms with Crippen molar-refractivity contribution in [3.05, 3.63) is 32.6 Å². The summed E-state index contributed by atoms with van der Waals surface area (Å²) in [5.74, 6) is 5.18. The molecule has 0 fully saturated rings. The standard InChI is InChI=1S/C11H10ClN3O3/c1-7-9(4-3-5-13-8(2)16)6-14-11(12)10(7)15(17)18/h6H,5H2,1-2H3,(H,13,16). The molecule has 94 valence electrons. The molecule has 7 heteroatoms. The maximum Gasteiger partial charge on any atom is 0.310 e. The van der Waals surface area contributed by atoms with Gasteiger partial charge in [-0.3, -0.25) is 14.9 Å². The SMILES string of the molecule is CC(=O)NCC#Cc1cnc(Cl)c([N+](=O)[O-])c1C. The molecular weight excluding hydrogens is 258 g/mol. The van der Waals surface area contributed by atoms with Gasteiger partial charge < -0.3 is 5.32 Å². The third-order valence-electron chi connectivity index (χ3n) is 2.09. The zero-order chi connectivity index (χ0) is 13.7. The van der Waals surface area contributed by atoms with E-state index in [1.807, 2.05) is 0 Å². The van der Waals surface area contributed by atoms with Gasteiger partial charge in [-0.15, -0.1) is 0 Å². The quantitative estimate of drug-likeness (QED) is 0.380. The second kappa shape index (κ2) is 5.98. The lowest BCUT2D eigenvalue weighted by Gasteiger charge is -2.01. The van der Waals surface area contributed by atoms with Crippen molar-refractivity contribution in [2.24, 2.45) is 0 Å². The Kier molecular flexibility index (Phi) is 4.63. The van der Waals surface area contributed by atoms with Gasteiger partial charge in [-0.05, 0) is 6.92 Å². The summed E-state index contributed by atoms with van der Waals surface area (Å²) in [7, 11) is 0. The van der Waals surface area contributed by atoms with Gasteiger partial charge in [0.05, 0.1) is 17.0 Å². The molecule has 0 saturated carbocycles. The van der Waals surface area contributed by atoms with Crippen molar-refractivity contribution in [2.45, 2.75) is 13.8 Å². The number of hydrogen-bond acceptors (Lipinski definition) is 4. The van der Waals surface area contributed by atoms with Crippen LogP contribution < -0.4 is 5.32 Å². The number of amides is 1. The van der Waals surface area contributed by atoms with Gasteiger partial charge >= 0.3 is 5.69 Å². The monoisotopic (exact) mass is 267 g/mol. The third-order valence-corrected chi connectivity index (χ3v) is 2.37. The fourth-order valence-corrected chi connectivity index (χ4v) is 1.47. The van der Waals surface area contributed by atoms with Crippen LogP contribution in [0.3, 0.4) is 0 Å². The van der Waals surface area contributed by atoms with Crippen molar-refractivity contribution >= 4 is 23.2 Å². The Morgan fingerprint density at radius 2 is 2.33 bits per heavy atom. The first kappa shape index (κ1) is 13.9. The highest BCUT2D eigenvalue weighted by atomic mass is 35.5. The Morgan fingerprint density at radius 1 is 1.67 bits per heavy atom. The normalized spacial score (nSPS) is 9.28. The van der Waals surface area contributed by atoms with E-state index in [2.05, 4.69) is 22.1 Å². The molecule has 0 atom stereocenters. The summed E-state index contributed by atoms with van der Waals surface area (Å²) in [5, 5.41) is 13.1. The molecule has 1 aromatic heterocycles. The number of nitrogens with one attached hydrogen (secondary N) is 1. The molecule has 6 nitrogen and oxygen atoms in total. The zero-order valence-electron chi connectivity index (χ0n) is 9.78. The number of hydrogen-bond donors (Lipinski definition) is 1. The predicted molar refractivity (Wildman–Crippen MR) is 66.2 cm³/mol. The molecule has 1 rings (SSSR count). The Morgan fingerprint density at radius 3 is 2.89 bits per heavy atom. The number of carbonyl (C=O) groups excluding carboxylic acids is 1. The first-order valence-corrected chi connectivity index (χ1v) is 5.34. The Labute approximate surface area is 109 Å². The topological polar surface area (TPSA) is 85.1 Å². The van der Waals surface area contributed by atoms with Gasteiger partial charge in [-0.25, -0.2) is 4.98 Å². The van der Waals surface area contributed by atoms with Crippen LogP contribution in [0.4, 0.5) is 5.69 Å². The number of carbonyl (C=O) groups is 1. The number of aromatic nitrogens is 1. The highest BCUT2D eigenvalue weighted by Gasteiger charge is 2.19. The summed E-state index contributed by atoms with van der Waals surface area (Å²) in [6.45, 7) is 3.10. The van der Waals surface area contributed by atoms with Gasteiger partial charge in [-0.1, -0.05) is 23.4 Å². The second-order valence-electron chi connectivity index (χ2n) is 3.40. The maximum absolute atomic E-state index is 10.8. The first-order chi connectivity index (χ1) is 8.43. The van der Waals surface area contributed by atoms with Gasteiger partial charge in [-0.2, -0.15) is 0 Å². The van der Waals surface area contributed by atoms with Crippen LogP contribution in [0, 0.1) is 28.9 Å². The number of pyridine rings is 1. The van der Waals surface area contributed by atoms with Gasteiger partial charge in [0, 0.05) is 18.7 Å². The van der Waals surface area contributed by atoms with E-state index in [1.165, 1.54) is 13.1 Å². The molecule has 0 bridgehead atoms. The predicted octanol–water partition coefficient (Wildman–Crippen LogP) is 1.44. The van der Waals surface area contributed by atoms with E-state index >= 15 is 0 Å². The summed E-state index contributed by atoms with van der Waals surface area (Å²) in [4.78, 5) is 24.5. The van der Waals surface area contributed by atoms with E-state index < -0.39 is 4.92 Å². The minimum Gasteiger partial charge on any atom is -0.345 e. The molecule has 0 radical (unpaired) electrons. The van der Waals surface area contributed by atoms with Gasteiger partial charge in [0.2, 0.25) is 11.1 Å². The molecule has 0 aliphatic heterocycles. The maximum atomic E-state index is 10.8. The Balaban J connectivity index is 3.01. The Hall–Kier alpha value is -2.13. The average Bonchev–Trinajstić information content (AvgIpc) is 2.26. The van der Waals surface area contributed by atoms with E-state index in [0.29, 0.717) is 11.1 Å². The minimum absolute atomic E-state index is 0.162. The van der Waals surface area contributed by atoms with Gasteiger partial charge in [0.15, 0.2) is 0 Å². The molecule has 18 heavy (non-hydrogen) atoms. The van der Waals surface area contributed by atoms with Crippen molar-refractivity contribution in [3.63, 3.8) is 0 Å². The molecule has 0 spiro atoms. The summed E-state index contributed by atoms with van der Waals surface area (Å²) < 4.78 is 0. The molecule has 0 aromatic carbocycles. The fourth-order valence-electron chi connectivity index (χ4n) is 1.21. The van der Waals surface area contributed by atoms with Crippen molar-refractivity contribution in [2.75, 3.05) is 6.54 Å². The van der Waals surface area contributed by atoms with E-state index in [-0.39, 0.29) is 23.3 Å². The highest BCUT2D eigenvalue weighted by molar-refractivity contribution is 6.31. The number of rotatable bonds is 2. The molecular formula is C11H10ClN3O3. The van der Waals surface area contributed by atoms with E-state index in [4.69, 9.17) is 11.6 Å². The van der Waals surface area contributed by atoms with Crippen LogP contribution in [0.25, 0.3) is 0 Å². The molecule has 0 saturated heterocycles. The van der Waals surface area contributed by atoms with Crippen molar-refractivity contribution in [3.8, 4) is 11.8 Å². The fraction of sp³-hybridized carbons (Fsp3) is 0.273. The Bertz CT molecular complexity index is 561.